The first-order valence-electron chi connectivity index (χ1n) is 5.24. The molecule has 0 bridgehead atoms. The summed E-state index contributed by atoms with van der Waals surface area (Å²) in [6.07, 6.45) is 0.774. The van der Waals surface area contributed by atoms with E-state index in [4.69, 9.17) is 15.2 Å². The number of benzene rings is 1. The monoisotopic (exact) mass is 238 g/mol. The first-order chi connectivity index (χ1) is 8.08. The third-order valence-electron chi connectivity index (χ3n) is 2.97. The van der Waals surface area contributed by atoms with Crippen LogP contribution in [0.4, 0.5) is 5.69 Å². The van der Waals surface area contributed by atoms with E-state index < -0.39 is 4.92 Å². The molecular formula is C11H14N2O4. The highest BCUT2D eigenvalue weighted by Gasteiger charge is 2.40. The molecule has 1 aliphatic rings. The lowest BCUT2D eigenvalue weighted by molar-refractivity contribution is -0.385. The molecule has 1 aromatic carbocycles. The fourth-order valence-corrected chi connectivity index (χ4v) is 1.91. The zero-order valence-corrected chi connectivity index (χ0v) is 9.67. The molecular weight excluding hydrogens is 224 g/mol. The van der Waals surface area contributed by atoms with Gasteiger partial charge in [-0.15, -0.1) is 0 Å². The minimum absolute atomic E-state index is 0.00630. The maximum absolute atomic E-state index is 11.0. The highest BCUT2D eigenvalue weighted by atomic mass is 16.6. The lowest BCUT2D eigenvalue weighted by Crippen LogP contribution is -2.04. The Balaban J connectivity index is 2.51. The number of nitro benzene ring substituents is 1. The average Bonchev–Trinajstić information content (AvgIpc) is 3.04. The van der Waals surface area contributed by atoms with Gasteiger partial charge in [0.05, 0.1) is 25.2 Å². The van der Waals surface area contributed by atoms with Crippen LogP contribution in [0.3, 0.4) is 0 Å². The predicted molar refractivity (Wildman–Crippen MR) is 61.5 cm³/mol. The normalized spacial score (nSPS) is 22.1. The summed E-state index contributed by atoms with van der Waals surface area (Å²) in [5, 5.41) is 11.0. The van der Waals surface area contributed by atoms with E-state index in [0.717, 1.165) is 6.42 Å². The van der Waals surface area contributed by atoms with Gasteiger partial charge in [-0.3, -0.25) is 10.1 Å². The first-order valence-corrected chi connectivity index (χ1v) is 5.24. The molecule has 2 N–H and O–H groups in total. The van der Waals surface area contributed by atoms with Gasteiger partial charge in [0.25, 0.3) is 5.69 Å². The summed E-state index contributed by atoms with van der Waals surface area (Å²) in [5.41, 5.74) is 6.40. The largest absolute Gasteiger partial charge is 0.493 e. The zero-order chi connectivity index (χ0) is 12.6. The number of nitro groups is 1. The van der Waals surface area contributed by atoms with Gasteiger partial charge < -0.3 is 15.2 Å². The Bertz CT molecular complexity index is 461. The second-order valence-electron chi connectivity index (χ2n) is 4.03. The number of nitrogens with zero attached hydrogens (tertiary/aromatic N) is 1. The molecule has 0 aromatic heterocycles. The fraction of sp³-hybridized carbons (Fsp3) is 0.455. The van der Waals surface area contributed by atoms with Crippen molar-refractivity contribution in [3.8, 4) is 11.5 Å². The summed E-state index contributed by atoms with van der Waals surface area (Å²) in [6, 6.07) is 3.04. The molecule has 0 aliphatic heterocycles. The summed E-state index contributed by atoms with van der Waals surface area (Å²) in [7, 11) is 2.95. The van der Waals surface area contributed by atoms with Gasteiger partial charge in [0.1, 0.15) is 0 Å². The molecule has 0 heterocycles. The molecule has 0 saturated heterocycles. The molecule has 0 radical (unpaired) electrons. The summed E-state index contributed by atoms with van der Waals surface area (Å²) < 4.78 is 10.2. The summed E-state index contributed by atoms with van der Waals surface area (Å²) in [5.74, 6) is 0.902. The van der Waals surface area contributed by atoms with E-state index in [1.165, 1.54) is 20.3 Å². The number of hydrogen-bond donors (Lipinski definition) is 1. The van der Waals surface area contributed by atoms with E-state index in [1.807, 2.05) is 0 Å². The molecule has 6 heteroatoms. The first kappa shape index (κ1) is 11.7. The van der Waals surface area contributed by atoms with Crippen molar-refractivity contribution < 1.29 is 14.4 Å². The molecule has 0 spiro atoms. The lowest BCUT2D eigenvalue weighted by atomic mass is 10.1. The number of rotatable bonds is 4. The van der Waals surface area contributed by atoms with Crippen molar-refractivity contribution in [2.75, 3.05) is 14.2 Å². The van der Waals surface area contributed by atoms with Crippen molar-refractivity contribution in [2.45, 2.75) is 18.4 Å². The van der Waals surface area contributed by atoms with Crippen LogP contribution in [-0.2, 0) is 0 Å². The molecule has 0 amide bonds. The van der Waals surface area contributed by atoms with E-state index in [9.17, 15) is 10.1 Å². The van der Waals surface area contributed by atoms with E-state index in [2.05, 4.69) is 0 Å². The Morgan fingerprint density at radius 3 is 2.29 bits per heavy atom. The van der Waals surface area contributed by atoms with E-state index in [1.54, 1.807) is 6.07 Å². The highest BCUT2D eigenvalue weighted by Crippen LogP contribution is 2.46. The van der Waals surface area contributed by atoms with Crippen LogP contribution in [0.15, 0.2) is 12.1 Å². The van der Waals surface area contributed by atoms with Gasteiger partial charge in [-0.1, -0.05) is 0 Å². The predicted octanol–water partition coefficient (Wildman–Crippen LogP) is 1.43. The fourth-order valence-electron chi connectivity index (χ4n) is 1.91. The molecule has 6 nitrogen and oxygen atoms in total. The molecule has 0 unspecified atom stereocenters. The molecule has 1 aromatic rings. The summed E-state index contributed by atoms with van der Waals surface area (Å²) in [4.78, 5) is 10.6. The van der Waals surface area contributed by atoms with Crippen LogP contribution in [0.5, 0.6) is 11.5 Å². The molecule has 1 saturated carbocycles. The van der Waals surface area contributed by atoms with Crippen LogP contribution in [0.2, 0.25) is 0 Å². The number of nitrogens with two attached hydrogens (primary N) is 1. The molecule has 2 atom stereocenters. The quantitative estimate of drug-likeness (QED) is 0.633. The SMILES string of the molecule is COc1cc([C@@H]2C[C@H]2N)c([N+](=O)[O-])cc1OC. The summed E-state index contributed by atoms with van der Waals surface area (Å²) in [6.45, 7) is 0. The van der Waals surface area contributed by atoms with Crippen molar-refractivity contribution in [2.24, 2.45) is 5.73 Å². The number of ether oxygens (including phenoxy) is 2. The lowest BCUT2D eigenvalue weighted by Gasteiger charge is -2.10. The standard InChI is InChI=1S/C11H14N2O4/c1-16-10-4-7(6-3-8(6)12)9(13(14)15)5-11(10)17-2/h4-6,8H,3,12H2,1-2H3/t6-,8+/m0/s1. The summed E-state index contributed by atoms with van der Waals surface area (Å²) >= 11 is 0. The minimum Gasteiger partial charge on any atom is -0.493 e. The Hall–Kier alpha value is -1.82. The Labute approximate surface area is 98.5 Å². The van der Waals surface area contributed by atoms with E-state index in [-0.39, 0.29) is 17.6 Å². The van der Waals surface area contributed by atoms with Crippen molar-refractivity contribution in [3.05, 3.63) is 27.8 Å². The van der Waals surface area contributed by atoms with E-state index in [0.29, 0.717) is 17.1 Å². The van der Waals surface area contributed by atoms with Crippen molar-refractivity contribution >= 4 is 5.69 Å². The minimum atomic E-state index is -0.414. The Kier molecular flexibility index (Phi) is 2.89. The Morgan fingerprint density at radius 2 is 1.88 bits per heavy atom. The van der Waals surface area contributed by atoms with Gasteiger partial charge in [0.15, 0.2) is 11.5 Å². The van der Waals surface area contributed by atoms with Gasteiger partial charge >= 0.3 is 0 Å². The van der Waals surface area contributed by atoms with Gasteiger partial charge in [0, 0.05) is 17.5 Å². The van der Waals surface area contributed by atoms with Crippen LogP contribution in [-0.4, -0.2) is 25.2 Å². The maximum atomic E-state index is 11.0. The number of methoxy groups -OCH3 is 2. The van der Waals surface area contributed by atoms with Crippen LogP contribution >= 0.6 is 0 Å². The number of hydrogen-bond acceptors (Lipinski definition) is 5. The Morgan fingerprint density at radius 1 is 1.35 bits per heavy atom. The highest BCUT2D eigenvalue weighted by molar-refractivity contribution is 5.57. The average molecular weight is 238 g/mol. The van der Waals surface area contributed by atoms with Crippen LogP contribution in [0.1, 0.15) is 17.9 Å². The van der Waals surface area contributed by atoms with Gasteiger partial charge in [-0.05, 0) is 12.5 Å². The zero-order valence-electron chi connectivity index (χ0n) is 9.67. The van der Waals surface area contributed by atoms with Gasteiger partial charge in [-0.25, -0.2) is 0 Å². The second kappa shape index (κ2) is 4.21. The van der Waals surface area contributed by atoms with Gasteiger partial charge in [0.2, 0.25) is 0 Å². The maximum Gasteiger partial charge on any atom is 0.276 e. The van der Waals surface area contributed by atoms with Crippen LogP contribution < -0.4 is 15.2 Å². The molecule has 1 aliphatic carbocycles. The van der Waals surface area contributed by atoms with Crippen molar-refractivity contribution in [3.63, 3.8) is 0 Å². The van der Waals surface area contributed by atoms with Crippen molar-refractivity contribution in [1.29, 1.82) is 0 Å². The smallest absolute Gasteiger partial charge is 0.276 e. The molecule has 17 heavy (non-hydrogen) atoms. The van der Waals surface area contributed by atoms with E-state index >= 15 is 0 Å². The topological polar surface area (TPSA) is 87.6 Å². The van der Waals surface area contributed by atoms with Crippen LogP contribution in [0.25, 0.3) is 0 Å². The molecule has 2 rings (SSSR count). The van der Waals surface area contributed by atoms with Crippen LogP contribution in [0, 0.1) is 10.1 Å². The van der Waals surface area contributed by atoms with Crippen molar-refractivity contribution in [1.82, 2.24) is 0 Å². The van der Waals surface area contributed by atoms with Gasteiger partial charge in [-0.2, -0.15) is 0 Å². The molecule has 92 valence electrons. The third kappa shape index (κ3) is 2.03. The third-order valence-corrected chi connectivity index (χ3v) is 2.97. The molecule has 1 fully saturated rings. The second-order valence-corrected chi connectivity index (χ2v) is 4.03.